The zero-order valence-corrected chi connectivity index (χ0v) is 18.5. The molecule has 2 aromatic heterocycles. The number of aliphatic hydroxyl groups is 1. The molecule has 0 radical (unpaired) electrons. The molecule has 0 spiro atoms. The molecule has 0 aliphatic heterocycles. The first kappa shape index (κ1) is 21.8. The van der Waals surface area contributed by atoms with Crippen molar-refractivity contribution >= 4 is 33.3 Å². The lowest BCUT2D eigenvalue weighted by Gasteiger charge is -2.23. The summed E-state index contributed by atoms with van der Waals surface area (Å²) in [4.78, 5) is 22.7. The Morgan fingerprint density at radius 3 is 2.67 bits per heavy atom. The highest BCUT2D eigenvalue weighted by atomic mass is 32.1. The molecule has 160 valence electrons. The van der Waals surface area contributed by atoms with Crippen LogP contribution in [0, 0.1) is 6.92 Å². The Morgan fingerprint density at radius 2 is 2.00 bits per heavy atom. The maximum atomic E-state index is 12.7. The zero-order chi connectivity index (χ0) is 21.9. The van der Waals surface area contributed by atoms with Gasteiger partial charge in [0.05, 0.1) is 36.6 Å². The second-order valence-electron chi connectivity index (χ2n) is 7.46. The first-order chi connectivity index (χ1) is 14.3. The van der Waals surface area contributed by atoms with Crippen molar-refractivity contribution in [3.05, 3.63) is 40.5 Å². The van der Waals surface area contributed by atoms with Gasteiger partial charge in [-0.25, -0.2) is 9.97 Å². The van der Waals surface area contributed by atoms with E-state index in [0.717, 1.165) is 21.3 Å². The number of methoxy groups -OCH3 is 2. The summed E-state index contributed by atoms with van der Waals surface area (Å²) in [6, 6.07) is 5.69. The molecule has 0 saturated carbocycles. The van der Waals surface area contributed by atoms with Crippen LogP contribution in [0.1, 0.15) is 34.6 Å². The molecule has 3 N–H and O–H groups in total. The van der Waals surface area contributed by atoms with Gasteiger partial charge in [0.2, 0.25) is 0 Å². The molecule has 0 bridgehead atoms. The van der Waals surface area contributed by atoms with Crippen LogP contribution in [0.3, 0.4) is 0 Å². The first-order valence-corrected chi connectivity index (χ1v) is 10.2. The number of aromatic nitrogens is 2. The molecular weight excluding hydrogens is 404 g/mol. The number of para-hydroxylation sites is 1. The summed E-state index contributed by atoms with van der Waals surface area (Å²) in [5.41, 5.74) is 0.996. The van der Waals surface area contributed by atoms with E-state index in [-0.39, 0.29) is 12.5 Å². The predicted octanol–water partition coefficient (Wildman–Crippen LogP) is 3.13. The lowest BCUT2D eigenvalue weighted by atomic mass is 10.1. The standard InChI is InChI=1S/C21H26N4O4S/c1-12-15-18(22-9-13-7-6-8-14(28-4)16(13)29-5)23-11-24-20(15)30-17(12)19(27)25-21(2,3)10-26/h6-8,11,26H,9-10H2,1-5H3,(H,25,27)(H,22,23,24). The van der Waals surface area contributed by atoms with Gasteiger partial charge in [0.25, 0.3) is 5.91 Å². The molecule has 8 nitrogen and oxygen atoms in total. The van der Waals surface area contributed by atoms with Crippen molar-refractivity contribution in [3.8, 4) is 11.5 Å². The van der Waals surface area contributed by atoms with Gasteiger partial charge in [-0.05, 0) is 32.4 Å². The maximum Gasteiger partial charge on any atom is 0.262 e. The third-order valence-corrected chi connectivity index (χ3v) is 5.91. The Bertz CT molecular complexity index is 1060. The summed E-state index contributed by atoms with van der Waals surface area (Å²) in [6.07, 6.45) is 1.47. The van der Waals surface area contributed by atoms with Gasteiger partial charge in [-0.2, -0.15) is 0 Å². The van der Waals surface area contributed by atoms with Gasteiger partial charge in [0.1, 0.15) is 17.0 Å². The fourth-order valence-corrected chi connectivity index (χ4v) is 4.14. The van der Waals surface area contributed by atoms with Crippen molar-refractivity contribution in [1.29, 1.82) is 0 Å². The molecule has 1 amide bonds. The van der Waals surface area contributed by atoms with E-state index in [9.17, 15) is 9.90 Å². The third kappa shape index (κ3) is 4.31. The minimum absolute atomic E-state index is 0.155. The molecule has 0 aliphatic carbocycles. The van der Waals surface area contributed by atoms with Gasteiger partial charge in [-0.15, -0.1) is 11.3 Å². The summed E-state index contributed by atoms with van der Waals surface area (Å²) < 4.78 is 10.8. The highest BCUT2D eigenvalue weighted by molar-refractivity contribution is 7.20. The first-order valence-electron chi connectivity index (χ1n) is 9.42. The molecular formula is C21H26N4O4S. The van der Waals surface area contributed by atoms with Crippen molar-refractivity contribution < 1.29 is 19.4 Å². The van der Waals surface area contributed by atoms with E-state index in [4.69, 9.17) is 9.47 Å². The van der Waals surface area contributed by atoms with Crippen molar-refractivity contribution in [3.63, 3.8) is 0 Å². The highest BCUT2D eigenvalue weighted by Gasteiger charge is 2.24. The number of carbonyl (C=O) groups is 1. The summed E-state index contributed by atoms with van der Waals surface area (Å²) in [5, 5.41) is 16.4. The van der Waals surface area contributed by atoms with E-state index in [0.29, 0.717) is 28.7 Å². The number of amides is 1. The molecule has 0 unspecified atom stereocenters. The third-order valence-electron chi connectivity index (χ3n) is 4.71. The molecule has 0 saturated heterocycles. The van der Waals surface area contributed by atoms with Crippen molar-refractivity contribution in [2.24, 2.45) is 0 Å². The topological polar surface area (TPSA) is 106 Å². The number of nitrogens with zero attached hydrogens (tertiary/aromatic N) is 2. The molecule has 3 aromatic rings. The van der Waals surface area contributed by atoms with Crippen molar-refractivity contribution in [2.45, 2.75) is 32.9 Å². The minimum Gasteiger partial charge on any atom is -0.493 e. The van der Waals surface area contributed by atoms with Crippen LogP contribution in [0.2, 0.25) is 0 Å². The second kappa shape index (κ2) is 8.85. The number of aryl methyl sites for hydroxylation is 1. The molecule has 0 aliphatic rings. The number of thiophene rings is 1. The lowest BCUT2D eigenvalue weighted by molar-refractivity contribution is 0.0873. The van der Waals surface area contributed by atoms with Gasteiger partial charge in [-0.3, -0.25) is 4.79 Å². The normalized spacial score (nSPS) is 11.4. The molecule has 0 fully saturated rings. The van der Waals surface area contributed by atoms with E-state index >= 15 is 0 Å². The molecule has 3 rings (SSSR count). The van der Waals surface area contributed by atoms with Gasteiger partial charge in [0.15, 0.2) is 11.5 Å². The number of nitrogens with one attached hydrogen (secondary N) is 2. The van der Waals surface area contributed by atoms with E-state index in [2.05, 4.69) is 20.6 Å². The molecule has 30 heavy (non-hydrogen) atoms. The molecule has 9 heteroatoms. The van der Waals surface area contributed by atoms with Crippen LogP contribution >= 0.6 is 11.3 Å². The van der Waals surface area contributed by atoms with E-state index in [1.807, 2.05) is 25.1 Å². The van der Waals surface area contributed by atoms with Crippen molar-refractivity contribution in [2.75, 3.05) is 26.1 Å². The summed E-state index contributed by atoms with van der Waals surface area (Å²) >= 11 is 1.30. The van der Waals surface area contributed by atoms with Crippen LogP contribution in [0.5, 0.6) is 11.5 Å². The van der Waals surface area contributed by atoms with Crippen LogP contribution in [-0.2, 0) is 6.54 Å². The number of benzene rings is 1. The van der Waals surface area contributed by atoms with Gasteiger partial charge in [0, 0.05) is 12.1 Å². The largest absolute Gasteiger partial charge is 0.493 e. The SMILES string of the molecule is COc1cccc(CNc2ncnc3sc(C(=O)NC(C)(C)CO)c(C)c23)c1OC. The summed E-state index contributed by atoms with van der Waals surface area (Å²) in [5.74, 6) is 1.71. The average molecular weight is 431 g/mol. The monoisotopic (exact) mass is 430 g/mol. The van der Waals surface area contributed by atoms with Crippen LogP contribution < -0.4 is 20.1 Å². The summed E-state index contributed by atoms with van der Waals surface area (Å²) in [7, 11) is 3.20. The van der Waals surface area contributed by atoms with Crippen LogP contribution in [0.25, 0.3) is 10.2 Å². The van der Waals surface area contributed by atoms with Crippen LogP contribution in [-0.4, -0.2) is 47.3 Å². The Labute approximate surface area is 179 Å². The number of hydrogen-bond acceptors (Lipinski definition) is 8. The van der Waals surface area contributed by atoms with E-state index < -0.39 is 5.54 Å². The average Bonchev–Trinajstić information content (AvgIpc) is 3.08. The number of rotatable bonds is 8. The van der Waals surface area contributed by atoms with Gasteiger partial charge >= 0.3 is 0 Å². The Hall–Kier alpha value is -2.91. The minimum atomic E-state index is -0.713. The number of ether oxygens (including phenoxy) is 2. The second-order valence-corrected chi connectivity index (χ2v) is 8.46. The van der Waals surface area contributed by atoms with E-state index in [1.54, 1.807) is 28.1 Å². The summed E-state index contributed by atoms with van der Waals surface area (Å²) in [6.45, 7) is 5.71. The number of aliphatic hydroxyl groups excluding tert-OH is 1. The number of hydrogen-bond donors (Lipinski definition) is 3. The number of anilines is 1. The van der Waals surface area contributed by atoms with Crippen LogP contribution in [0.4, 0.5) is 5.82 Å². The van der Waals surface area contributed by atoms with Gasteiger partial charge in [-0.1, -0.05) is 12.1 Å². The quantitative estimate of drug-likeness (QED) is 0.504. The molecule has 2 heterocycles. The van der Waals surface area contributed by atoms with Gasteiger partial charge < -0.3 is 25.2 Å². The van der Waals surface area contributed by atoms with Crippen LogP contribution in [0.15, 0.2) is 24.5 Å². The van der Waals surface area contributed by atoms with Crippen molar-refractivity contribution in [1.82, 2.24) is 15.3 Å². The molecule has 1 aromatic carbocycles. The number of fused-ring (bicyclic) bond motifs is 1. The number of carbonyl (C=O) groups excluding carboxylic acids is 1. The highest BCUT2D eigenvalue weighted by Crippen LogP contribution is 2.35. The molecule has 0 atom stereocenters. The maximum absolute atomic E-state index is 12.7. The fourth-order valence-electron chi connectivity index (χ4n) is 3.10. The Morgan fingerprint density at radius 1 is 1.23 bits per heavy atom. The smallest absolute Gasteiger partial charge is 0.262 e. The van der Waals surface area contributed by atoms with E-state index in [1.165, 1.54) is 17.7 Å². The predicted molar refractivity (Wildman–Crippen MR) is 118 cm³/mol. The fraction of sp³-hybridized carbons (Fsp3) is 0.381. The lowest BCUT2D eigenvalue weighted by Crippen LogP contribution is -2.46. The Balaban J connectivity index is 1.91. The zero-order valence-electron chi connectivity index (χ0n) is 17.7. The Kier molecular flexibility index (Phi) is 6.42.